The summed E-state index contributed by atoms with van der Waals surface area (Å²) in [6, 6.07) is 2.04. The first-order chi connectivity index (χ1) is 9.12. The molecule has 1 rings (SSSR count). The predicted molar refractivity (Wildman–Crippen MR) is 72.0 cm³/mol. The van der Waals surface area contributed by atoms with Crippen molar-refractivity contribution in [3.05, 3.63) is 0 Å². The van der Waals surface area contributed by atoms with Crippen LogP contribution in [0, 0.1) is 17.2 Å². The molecule has 1 N–H and O–H groups in total. The number of nitrogens with zero attached hydrogens (tertiary/aromatic N) is 2. The Labute approximate surface area is 115 Å². The summed E-state index contributed by atoms with van der Waals surface area (Å²) in [5.74, 6) is 0.123. The van der Waals surface area contributed by atoms with Gasteiger partial charge in [0.05, 0.1) is 6.07 Å². The van der Waals surface area contributed by atoms with Gasteiger partial charge in [0.15, 0.2) is 0 Å². The van der Waals surface area contributed by atoms with Crippen LogP contribution < -0.4 is 5.32 Å². The van der Waals surface area contributed by atoms with E-state index in [9.17, 15) is 9.59 Å². The summed E-state index contributed by atoms with van der Waals surface area (Å²) in [7, 11) is 0. The van der Waals surface area contributed by atoms with E-state index in [1.807, 2.05) is 19.9 Å². The van der Waals surface area contributed by atoms with Crippen molar-refractivity contribution in [2.45, 2.75) is 52.0 Å². The maximum absolute atomic E-state index is 12.0. The first-order valence-electron chi connectivity index (χ1n) is 7.07. The second kappa shape index (κ2) is 7.78. The average Bonchev–Trinajstić information content (AvgIpc) is 2.41. The van der Waals surface area contributed by atoms with Crippen molar-refractivity contribution in [1.82, 2.24) is 10.2 Å². The van der Waals surface area contributed by atoms with Crippen LogP contribution in [0.25, 0.3) is 0 Å². The van der Waals surface area contributed by atoms with Gasteiger partial charge in [-0.25, -0.2) is 0 Å². The highest BCUT2D eigenvalue weighted by Gasteiger charge is 2.25. The number of carbonyl (C=O) groups excluding carboxylic acids is 2. The van der Waals surface area contributed by atoms with Crippen molar-refractivity contribution in [3.63, 3.8) is 0 Å². The van der Waals surface area contributed by atoms with Crippen molar-refractivity contribution >= 4 is 11.8 Å². The minimum atomic E-state index is -0.104. The molecule has 0 aromatic carbocycles. The number of amides is 2. The zero-order valence-corrected chi connectivity index (χ0v) is 11.8. The summed E-state index contributed by atoms with van der Waals surface area (Å²) in [6.45, 7) is 5.32. The number of hydrogen-bond acceptors (Lipinski definition) is 3. The van der Waals surface area contributed by atoms with Crippen molar-refractivity contribution in [3.8, 4) is 6.07 Å². The third-order valence-corrected chi connectivity index (χ3v) is 3.78. The minimum absolute atomic E-state index is 0.0508. The molecular formula is C14H23N3O2. The molecule has 1 heterocycles. The van der Waals surface area contributed by atoms with Crippen molar-refractivity contribution in [2.24, 2.45) is 5.92 Å². The zero-order chi connectivity index (χ0) is 14.3. The molecule has 5 nitrogen and oxygen atoms in total. The summed E-state index contributed by atoms with van der Waals surface area (Å²) in [5.41, 5.74) is 0. The van der Waals surface area contributed by atoms with Crippen molar-refractivity contribution < 1.29 is 9.59 Å². The minimum Gasteiger partial charge on any atom is -0.353 e. The molecule has 0 aromatic heterocycles. The van der Waals surface area contributed by atoms with Crippen LogP contribution in [0.3, 0.4) is 0 Å². The Balaban J connectivity index is 2.36. The Hall–Kier alpha value is -1.57. The first-order valence-corrected chi connectivity index (χ1v) is 7.07. The van der Waals surface area contributed by atoms with Crippen LogP contribution in [0.15, 0.2) is 0 Å². The highest BCUT2D eigenvalue weighted by atomic mass is 16.2. The van der Waals surface area contributed by atoms with Gasteiger partial charge in [-0.2, -0.15) is 5.26 Å². The van der Waals surface area contributed by atoms with Gasteiger partial charge in [0.25, 0.3) is 0 Å². The molecule has 0 saturated carbocycles. The molecule has 0 aliphatic carbocycles. The molecule has 0 unspecified atom stereocenters. The quantitative estimate of drug-likeness (QED) is 0.817. The fourth-order valence-corrected chi connectivity index (χ4v) is 2.43. The highest BCUT2D eigenvalue weighted by Crippen LogP contribution is 2.14. The molecule has 0 aromatic rings. The lowest BCUT2D eigenvalue weighted by atomic mass is 9.99. The fraction of sp³-hybridized carbons (Fsp3) is 0.786. The summed E-state index contributed by atoms with van der Waals surface area (Å²) >= 11 is 0. The number of likely N-dealkylation sites (tertiary alicyclic amines) is 1. The maximum atomic E-state index is 12.0. The fourth-order valence-electron chi connectivity index (χ4n) is 2.43. The molecule has 1 fully saturated rings. The maximum Gasteiger partial charge on any atom is 0.236 e. The standard InChI is InChI=1S/C14H23N3O2/c1-3-11(4-2)14(19)16-12-6-9-17(10-7-12)13(18)5-8-15/h11-12H,3-7,9-10H2,1-2H3,(H,16,19). The van der Waals surface area contributed by atoms with Crippen molar-refractivity contribution in [2.75, 3.05) is 13.1 Å². The molecule has 0 atom stereocenters. The van der Waals surface area contributed by atoms with Gasteiger partial charge in [0, 0.05) is 25.0 Å². The lowest BCUT2D eigenvalue weighted by Crippen LogP contribution is -2.47. The van der Waals surface area contributed by atoms with E-state index in [0.29, 0.717) is 13.1 Å². The van der Waals surface area contributed by atoms with Crippen LogP contribution in [0.4, 0.5) is 0 Å². The van der Waals surface area contributed by atoms with E-state index >= 15 is 0 Å². The van der Waals surface area contributed by atoms with Gasteiger partial charge >= 0.3 is 0 Å². The van der Waals surface area contributed by atoms with E-state index in [4.69, 9.17) is 5.26 Å². The molecule has 5 heteroatoms. The normalized spacial score (nSPS) is 16.2. The smallest absolute Gasteiger partial charge is 0.236 e. The Morgan fingerprint density at radius 2 is 1.89 bits per heavy atom. The summed E-state index contributed by atoms with van der Waals surface area (Å²) in [4.78, 5) is 25.2. The van der Waals surface area contributed by atoms with Crippen LogP contribution in [0.5, 0.6) is 0 Å². The van der Waals surface area contributed by atoms with Gasteiger partial charge in [0.1, 0.15) is 6.42 Å². The van der Waals surface area contributed by atoms with E-state index in [1.165, 1.54) is 0 Å². The summed E-state index contributed by atoms with van der Waals surface area (Å²) in [6.07, 6.45) is 3.24. The van der Waals surface area contributed by atoms with E-state index in [0.717, 1.165) is 25.7 Å². The van der Waals surface area contributed by atoms with E-state index in [-0.39, 0.29) is 30.2 Å². The van der Waals surface area contributed by atoms with Gasteiger partial charge in [-0.3, -0.25) is 9.59 Å². The van der Waals surface area contributed by atoms with Crippen molar-refractivity contribution in [1.29, 1.82) is 5.26 Å². The van der Waals surface area contributed by atoms with E-state index in [1.54, 1.807) is 4.90 Å². The average molecular weight is 265 g/mol. The largest absolute Gasteiger partial charge is 0.353 e. The van der Waals surface area contributed by atoms with Gasteiger partial charge in [-0.15, -0.1) is 0 Å². The van der Waals surface area contributed by atoms with Crippen LogP contribution >= 0.6 is 0 Å². The van der Waals surface area contributed by atoms with Crippen LogP contribution in [-0.2, 0) is 9.59 Å². The molecule has 106 valence electrons. The lowest BCUT2D eigenvalue weighted by molar-refractivity contribution is -0.131. The zero-order valence-electron chi connectivity index (χ0n) is 11.8. The number of piperidine rings is 1. The molecule has 2 amide bonds. The Morgan fingerprint density at radius 3 is 2.37 bits per heavy atom. The molecular weight excluding hydrogens is 242 g/mol. The van der Waals surface area contributed by atoms with Gasteiger partial charge < -0.3 is 10.2 Å². The number of carbonyl (C=O) groups is 2. The molecule has 19 heavy (non-hydrogen) atoms. The number of nitriles is 1. The third-order valence-electron chi connectivity index (χ3n) is 3.78. The van der Waals surface area contributed by atoms with Crippen LogP contribution in [0.1, 0.15) is 46.0 Å². The Morgan fingerprint density at radius 1 is 1.32 bits per heavy atom. The molecule has 1 aliphatic heterocycles. The lowest BCUT2D eigenvalue weighted by Gasteiger charge is -2.32. The predicted octanol–water partition coefficient (Wildman–Crippen LogP) is 1.44. The van der Waals surface area contributed by atoms with Gasteiger partial charge in [0.2, 0.25) is 11.8 Å². The Kier molecular flexibility index (Phi) is 6.34. The molecule has 1 saturated heterocycles. The van der Waals surface area contributed by atoms with Crippen LogP contribution in [0.2, 0.25) is 0 Å². The number of rotatable bonds is 5. The molecule has 0 bridgehead atoms. The van der Waals surface area contributed by atoms with Crippen LogP contribution in [-0.4, -0.2) is 35.8 Å². The molecule has 0 radical (unpaired) electrons. The number of hydrogen-bond donors (Lipinski definition) is 1. The monoisotopic (exact) mass is 265 g/mol. The van der Waals surface area contributed by atoms with E-state index < -0.39 is 0 Å². The highest BCUT2D eigenvalue weighted by molar-refractivity contribution is 5.79. The number of nitrogens with one attached hydrogen (secondary N) is 1. The summed E-state index contributed by atoms with van der Waals surface area (Å²) in [5, 5.41) is 11.6. The second-order valence-corrected chi connectivity index (χ2v) is 5.01. The second-order valence-electron chi connectivity index (χ2n) is 5.01. The third kappa shape index (κ3) is 4.55. The molecule has 0 spiro atoms. The Bertz CT molecular complexity index is 350. The summed E-state index contributed by atoms with van der Waals surface area (Å²) < 4.78 is 0. The van der Waals surface area contributed by atoms with E-state index in [2.05, 4.69) is 5.32 Å². The topological polar surface area (TPSA) is 73.2 Å². The van der Waals surface area contributed by atoms with Gasteiger partial charge in [-0.1, -0.05) is 13.8 Å². The first kappa shape index (κ1) is 15.5. The SMILES string of the molecule is CCC(CC)C(=O)NC1CCN(C(=O)CC#N)CC1. The molecule has 1 aliphatic rings. The van der Waals surface area contributed by atoms with Gasteiger partial charge in [-0.05, 0) is 25.7 Å².